The van der Waals surface area contributed by atoms with Crippen molar-refractivity contribution in [3.63, 3.8) is 0 Å². The summed E-state index contributed by atoms with van der Waals surface area (Å²) in [5.41, 5.74) is 2.13. The number of ketones is 1. The Bertz CT molecular complexity index is 928. The summed E-state index contributed by atoms with van der Waals surface area (Å²) in [6.45, 7) is 5.51. The number of nitrogens with zero attached hydrogens (tertiary/aromatic N) is 3. The lowest BCUT2D eigenvalue weighted by molar-refractivity contribution is 0.101. The average Bonchev–Trinajstić information content (AvgIpc) is 2.98. The van der Waals surface area contributed by atoms with Crippen molar-refractivity contribution in [2.24, 2.45) is 0 Å². The Hall–Kier alpha value is -3.02. The van der Waals surface area contributed by atoms with Gasteiger partial charge in [0.25, 0.3) is 5.91 Å². The van der Waals surface area contributed by atoms with E-state index in [0.29, 0.717) is 16.8 Å². The largest absolute Gasteiger partial charge is 0.321 e. The summed E-state index contributed by atoms with van der Waals surface area (Å²) in [7, 11) is 0. The summed E-state index contributed by atoms with van der Waals surface area (Å²) in [5, 5.41) is 7.87. The Balaban J connectivity index is 1.91. The highest BCUT2D eigenvalue weighted by Gasteiger charge is 2.14. The minimum Gasteiger partial charge on any atom is -0.321 e. The van der Waals surface area contributed by atoms with Gasteiger partial charge in [-0.05, 0) is 39.0 Å². The molecule has 0 aliphatic rings. The molecule has 24 heavy (non-hydrogen) atoms. The van der Waals surface area contributed by atoms with Gasteiger partial charge in [-0.15, -0.1) is 0 Å². The van der Waals surface area contributed by atoms with E-state index in [1.165, 1.54) is 13.1 Å². The van der Waals surface area contributed by atoms with E-state index in [1.807, 2.05) is 18.5 Å². The third-order valence-corrected chi connectivity index (χ3v) is 3.74. The van der Waals surface area contributed by atoms with Crippen molar-refractivity contribution in [2.75, 3.05) is 5.32 Å². The molecule has 3 aromatic rings. The van der Waals surface area contributed by atoms with Crippen LogP contribution in [-0.4, -0.2) is 26.5 Å². The van der Waals surface area contributed by atoms with Gasteiger partial charge >= 0.3 is 0 Å². The van der Waals surface area contributed by atoms with E-state index in [2.05, 4.69) is 15.4 Å². The SMILES string of the molecule is CC(=O)c1ccccc1NC(=O)c1cnc2c(cnn2C(C)C)c1. The van der Waals surface area contributed by atoms with Gasteiger partial charge in [-0.1, -0.05) is 12.1 Å². The number of aromatic nitrogens is 3. The quantitative estimate of drug-likeness (QED) is 0.746. The van der Waals surface area contributed by atoms with E-state index in [1.54, 1.807) is 36.5 Å². The van der Waals surface area contributed by atoms with Crippen LogP contribution in [0.4, 0.5) is 5.69 Å². The number of pyridine rings is 1. The van der Waals surface area contributed by atoms with E-state index in [4.69, 9.17) is 0 Å². The molecule has 6 nitrogen and oxygen atoms in total. The second-order valence-electron chi connectivity index (χ2n) is 5.88. The lowest BCUT2D eigenvalue weighted by Crippen LogP contribution is -2.14. The highest BCUT2D eigenvalue weighted by Crippen LogP contribution is 2.19. The third kappa shape index (κ3) is 2.90. The molecule has 0 atom stereocenters. The molecule has 0 aliphatic carbocycles. The number of carbonyl (C=O) groups excluding carboxylic acids is 2. The minimum atomic E-state index is -0.310. The first-order chi connectivity index (χ1) is 11.5. The van der Waals surface area contributed by atoms with Crippen LogP contribution in [0.5, 0.6) is 0 Å². The summed E-state index contributed by atoms with van der Waals surface area (Å²) >= 11 is 0. The van der Waals surface area contributed by atoms with E-state index < -0.39 is 0 Å². The van der Waals surface area contributed by atoms with E-state index in [9.17, 15) is 9.59 Å². The second-order valence-corrected chi connectivity index (χ2v) is 5.88. The number of nitrogens with one attached hydrogen (secondary N) is 1. The smallest absolute Gasteiger partial charge is 0.257 e. The number of amides is 1. The van der Waals surface area contributed by atoms with Crippen molar-refractivity contribution in [3.8, 4) is 0 Å². The Morgan fingerprint density at radius 2 is 1.92 bits per heavy atom. The lowest BCUT2D eigenvalue weighted by Gasteiger charge is -2.09. The number of fused-ring (bicyclic) bond motifs is 1. The van der Waals surface area contributed by atoms with E-state index >= 15 is 0 Å². The molecule has 0 bridgehead atoms. The summed E-state index contributed by atoms with van der Waals surface area (Å²) in [6, 6.07) is 8.87. The number of para-hydroxylation sites is 1. The number of anilines is 1. The second kappa shape index (κ2) is 6.23. The highest BCUT2D eigenvalue weighted by molar-refractivity contribution is 6.09. The van der Waals surface area contributed by atoms with Crippen LogP contribution in [0.15, 0.2) is 42.7 Å². The minimum absolute atomic E-state index is 0.0994. The van der Waals surface area contributed by atoms with Crippen LogP contribution in [0.25, 0.3) is 11.0 Å². The number of carbonyl (C=O) groups is 2. The predicted molar refractivity (Wildman–Crippen MR) is 92.3 cm³/mol. The fourth-order valence-corrected chi connectivity index (χ4v) is 2.54. The molecule has 122 valence electrons. The molecule has 1 amide bonds. The van der Waals surface area contributed by atoms with Crippen LogP contribution in [0.1, 0.15) is 47.5 Å². The number of Topliss-reactive ketones (excluding diaryl/α,β-unsaturated/α-hetero) is 1. The average molecular weight is 322 g/mol. The number of hydrogen-bond donors (Lipinski definition) is 1. The van der Waals surface area contributed by atoms with E-state index in [-0.39, 0.29) is 17.7 Å². The summed E-state index contributed by atoms with van der Waals surface area (Å²) in [5.74, 6) is -0.409. The number of rotatable bonds is 4. The van der Waals surface area contributed by atoms with Crippen LogP contribution in [0, 0.1) is 0 Å². The predicted octanol–water partition coefficient (Wildman–Crippen LogP) is 3.47. The molecule has 3 rings (SSSR count). The first-order valence-corrected chi connectivity index (χ1v) is 7.72. The summed E-state index contributed by atoms with van der Waals surface area (Å²) in [4.78, 5) is 28.5. The molecule has 0 unspecified atom stereocenters. The molecular formula is C18H18N4O2. The van der Waals surface area contributed by atoms with Gasteiger partial charge in [0.05, 0.1) is 17.4 Å². The molecule has 0 saturated heterocycles. The fraction of sp³-hybridized carbons (Fsp3) is 0.222. The zero-order valence-electron chi connectivity index (χ0n) is 13.8. The van der Waals surface area contributed by atoms with Gasteiger partial charge in [0.2, 0.25) is 0 Å². The van der Waals surface area contributed by atoms with Crippen molar-refractivity contribution in [1.82, 2.24) is 14.8 Å². The third-order valence-electron chi connectivity index (χ3n) is 3.74. The number of benzene rings is 1. The maximum absolute atomic E-state index is 12.5. The van der Waals surface area contributed by atoms with Gasteiger partial charge in [-0.2, -0.15) is 5.10 Å². The monoisotopic (exact) mass is 322 g/mol. The maximum atomic E-state index is 12.5. The van der Waals surface area contributed by atoms with Crippen LogP contribution < -0.4 is 5.32 Å². The number of hydrogen-bond acceptors (Lipinski definition) is 4. The Morgan fingerprint density at radius 1 is 1.17 bits per heavy atom. The normalized spacial score (nSPS) is 11.0. The molecule has 2 aromatic heterocycles. The van der Waals surface area contributed by atoms with Crippen molar-refractivity contribution < 1.29 is 9.59 Å². The standard InChI is InChI=1S/C18H18N4O2/c1-11(2)22-17-13(10-20-22)8-14(9-19-17)18(24)21-16-7-5-4-6-15(16)12(3)23/h4-11H,1-3H3,(H,21,24). The summed E-state index contributed by atoms with van der Waals surface area (Å²) < 4.78 is 1.81. The van der Waals surface area contributed by atoms with E-state index in [0.717, 1.165) is 11.0 Å². The molecule has 1 aromatic carbocycles. The molecule has 0 fully saturated rings. The van der Waals surface area contributed by atoms with Gasteiger partial charge < -0.3 is 5.32 Å². The van der Waals surface area contributed by atoms with Crippen LogP contribution in [0.2, 0.25) is 0 Å². The zero-order valence-corrected chi connectivity index (χ0v) is 13.8. The van der Waals surface area contributed by atoms with Gasteiger partial charge in [-0.3, -0.25) is 9.59 Å². The van der Waals surface area contributed by atoms with Crippen LogP contribution >= 0.6 is 0 Å². The Kier molecular flexibility index (Phi) is 4.12. The van der Waals surface area contributed by atoms with Gasteiger partial charge in [0.1, 0.15) is 0 Å². The molecule has 2 heterocycles. The zero-order chi connectivity index (χ0) is 17.3. The van der Waals surface area contributed by atoms with Crippen molar-refractivity contribution in [3.05, 3.63) is 53.9 Å². The first kappa shape index (κ1) is 15.9. The first-order valence-electron chi connectivity index (χ1n) is 7.72. The van der Waals surface area contributed by atoms with Gasteiger partial charge in [0, 0.05) is 23.2 Å². The Labute approximate surface area is 139 Å². The topological polar surface area (TPSA) is 76.9 Å². The van der Waals surface area contributed by atoms with Gasteiger partial charge in [0.15, 0.2) is 11.4 Å². The maximum Gasteiger partial charge on any atom is 0.257 e. The van der Waals surface area contributed by atoms with Crippen molar-refractivity contribution in [1.29, 1.82) is 0 Å². The summed E-state index contributed by atoms with van der Waals surface area (Å²) in [6.07, 6.45) is 3.22. The fourth-order valence-electron chi connectivity index (χ4n) is 2.54. The molecule has 6 heteroatoms. The molecule has 1 N–H and O–H groups in total. The van der Waals surface area contributed by atoms with Crippen molar-refractivity contribution >= 4 is 28.4 Å². The van der Waals surface area contributed by atoms with Crippen LogP contribution in [0.3, 0.4) is 0 Å². The Morgan fingerprint density at radius 3 is 2.62 bits per heavy atom. The molecule has 0 radical (unpaired) electrons. The molecular weight excluding hydrogens is 304 g/mol. The van der Waals surface area contributed by atoms with Crippen molar-refractivity contribution in [2.45, 2.75) is 26.8 Å². The molecule has 0 spiro atoms. The van der Waals surface area contributed by atoms with Crippen LogP contribution in [-0.2, 0) is 0 Å². The lowest BCUT2D eigenvalue weighted by atomic mass is 10.1. The highest BCUT2D eigenvalue weighted by atomic mass is 16.1. The van der Waals surface area contributed by atoms with Gasteiger partial charge in [-0.25, -0.2) is 9.67 Å². The molecule has 0 saturated carbocycles. The molecule has 0 aliphatic heterocycles.